The molecule has 6 nitrogen and oxygen atoms in total. The van der Waals surface area contributed by atoms with E-state index in [0.29, 0.717) is 28.1 Å². The highest BCUT2D eigenvalue weighted by molar-refractivity contribution is 7.99. The van der Waals surface area contributed by atoms with E-state index < -0.39 is 10.0 Å². The molecule has 1 fully saturated rings. The zero-order valence-corrected chi connectivity index (χ0v) is 13.7. The van der Waals surface area contributed by atoms with Gasteiger partial charge in [0.1, 0.15) is 4.90 Å². The molecule has 20 heavy (non-hydrogen) atoms. The fourth-order valence-corrected chi connectivity index (χ4v) is 5.41. The highest BCUT2D eigenvalue weighted by Gasteiger charge is 2.33. The summed E-state index contributed by atoms with van der Waals surface area (Å²) in [5.41, 5.74) is 1.12. The molecule has 1 aliphatic rings. The van der Waals surface area contributed by atoms with Crippen molar-refractivity contribution in [1.82, 2.24) is 20.2 Å². The van der Waals surface area contributed by atoms with Crippen LogP contribution in [-0.4, -0.2) is 43.2 Å². The second kappa shape index (κ2) is 6.46. The third-order valence-electron chi connectivity index (χ3n) is 3.64. The van der Waals surface area contributed by atoms with Gasteiger partial charge >= 0.3 is 0 Å². The molecule has 1 aromatic heterocycles. The first-order valence-corrected chi connectivity index (χ1v) is 9.50. The van der Waals surface area contributed by atoms with Gasteiger partial charge in [-0.05, 0) is 33.1 Å². The molecule has 0 amide bonds. The molecule has 8 heteroatoms. The largest absolute Gasteiger partial charge is 0.314 e. The SMILES string of the molecule is CNCc1n[nH]c(C)c1S(=O)(=O)NC1CCCC1SC. The van der Waals surface area contributed by atoms with Crippen molar-refractivity contribution in [2.24, 2.45) is 0 Å². The molecule has 2 unspecified atom stereocenters. The van der Waals surface area contributed by atoms with E-state index in [9.17, 15) is 8.42 Å². The molecule has 0 saturated heterocycles. The van der Waals surface area contributed by atoms with Crippen molar-refractivity contribution in [3.05, 3.63) is 11.4 Å². The van der Waals surface area contributed by atoms with Crippen LogP contribution in [0.4, 0.5) is 0 Å². The smallest absolute Gasteiger partial charge is 0.244 e. The Kier molecular flexibility index (Phi) is 5.11. The van der Waals surface area contributed by atoms with E-state index in [1.807, 2.05) is 6.26 Å². The number of H-pyrrole nitrogens is 1. The van der Waals surface area contributed by atoms with E-state index in [2.05, 4.69) is 20.2 Å². The fourth-order valence-electron chi connectivity index (χ4n) is 2.71. The minimum atomic E-state index is -3.52. The summed E-state index contributed by atoms with van der Waals surface area (Å²) in [6, 6.07) is 0.0201. The number of aromatic nitrogens is 2. The Morgan fingerprint density at radius 2 is 2.20 bits per heavy atom. The highest BCUT2D eigenvalue weighted by atomic mass is 32.2. The molecule has 2 atom stereocenters. The van der Waals surface area contributed by atoms with Crippen molar-refractivity contribution in [2.45, 2.75) is 48.9 Å². The third-order valence-corrected chi connectivity index (χ3v) is 6.50. The van der Waals surface area contributed by atoms with Crippen LogP contribution < -0.4 is 10.0 Å². The standard InChI is InChI=1S/C12H22N4O2S2/c1-8-12(10(7-13-2)15-14-8)20(17,18)16-9-5-4-6-11(9)19-3/h9,11,13,16H,4-7H2,1-3H3,(H,14,15). The molecule has 1 aromatic rings. The van der Waals surface area contributed by atoms with Gasteiger partial charge in [-0.3, -0.25) is 5.10 Å². The molecular formula is C12H22N4O2S2. The lowest BCUT2D eigenvalue weighted by molar-refractivity contribution is 0.553. The Morgan fingerprint density at radius 3 is 2.85 bits per heavy atom. The Labute approximate surface area is 124 Å². The van der Waals surface area contributed by atoms with Crippen LogP contribution in [0.2, 0.25) is 0 Å². The average molecular weight is 318 g/mol. The zero-order chi connectivity index (χ0) is 14.8. The van der Waals surface area contributed by atoms with Crippen LogP contribution in [0.1, 0.15) is 30.7 Å². The van der Waals surface area contributed by atoms with E-state index in [1.165, 1.54) is 0 Å². The third kappa shape index (κ3) is 3.19. The molecule has 114 valence electrons. The minimum Gasteiger partial charge on any atom is -0.314 e. The summed E-state index contributed by atoms with van der Waals surface area (Å²) in [7, 11) is -1.75. The van der Waals surface area contributed by atoms with Crippen LogP contribution in [0.15, 0.2) is 4.90 Å². The van der Waals surface area contributed by atoms with Gasteiger partial charge in [-0.15, -0.1) is 0 Å². The Bertz CT molecular complexity index is 556. The van der Waals surface area contributed by atoms with Gasteiger partial charge in [-0.1, -0.05) is 6.42 Å². The summed E-state index contributed by atoms with van der Waals surface area (Å²) >= 11 is 1.73. The van der Waals surface area contributed by atoms with E-state index in [0.717, 1.165) is 19.3 Å². The molecule has 0 spiro atoms. The number of aryl methyl sites for hydroxylation is 1. The van der Waals surface area contributed by atoms with Gasteiger partial charge in [0.15, 0.2) is 0 Å². The van der Waals surface area contributed by atoms with Gasteiger partial charge in [0.2, 0.25) is 10.0 Å². The van der Waals surface area contributed by atoms with Gasteiger partial charge in [-0.2, -0.15) is 16.9 Å². The molecule has 1 aliphatic carbocycles. The first-order chi connectivity index (χ1) is 9.49. The summed E-state index contributed by atoms with van der Waals surface area (Å²) < 4.78 is 28.1. The normalized spacial score (nSPS) is 23.4. The van der Waals surface area contributed by atoms with Crippen molar-refractivity contribution in [1.29, 1.82) is 0 Å². The van der Waals surface area contributed by atoms with E-state index in [4.69, 9.17) is 0 Å². The lowest BCUT2D eigenvalue weighted by Crippen LogP contribution is -2.39. The van der Waals surface area contributed by atoms with Gasteiger partial charge in [0.25, 0.3) is 0 Å². The summed E-state index contributed by atoms with van der Waals surface area (Å²) in [6.07, 6.45) is 5.09. The number of nitrogens with one attached hydrogen (secondary N) is 3. The van der Waals surface area contributed by atoms with Gasteiger partial charge in [0, 0.05) is 17.8 Å². The second-order valence-electron chi connectivity index (χ2n) is 5.09. The Hall–Kier alpha value is -0.570. The number of thioether (sulfide) groups is 1. The van der Waals surface area contributed by atoms with Crippen LogP contribution >= 0.6 is 11.8 Å². The number of hydrogen-bond donors (Lipinski definition) is 3. The van der Waals surface area contributed by atoms with E-state index in [-0.39, 0.29) is 6.04 Å². The maximum absolute atomic E-state index is 12.6. The number of hydrogen-bond acceptors (Lipinski definition) is 5. The van der Waals surface area contributed by atoms with Gasteiger partial charge in [0.05, 0.1) is 11.4 Å². The van der Waals surface area contributed by atoms with Gasteiger partial charge < -0.3 is 5.32 Å². The van der Waals surface area contributed by atoms with Crippen LogP contribution in [0, 0.1) is 6.92 Å². The molecule has 0 radical (unpaired) electrons. The summed E-state index contributed by atoms with van der Waals surface area (Å²) in [5, 5.41) is 10.1. The average Bonchev–Trinajstić information content (AvgIpc) is 2.96. The second-order valence-corrected chi connectivity index (χ2v) is 7.82. The monoisotopic (exact) mass is 318 g/mol. The quantitative estimate of drug-likeness (QED) is 0.728. The van der Waals surface area contributed by atoms with Crippen LogP contribution in [0.25, 0.3) is 0 Å². The molecule has 0 bridgehead atoms. The predicted octanol–water partition coefficient (Wildman–Crippen LogP) is 1.000. The molecule has 2 rings (SSSR count). The predicted molar refractivity (Wildman–Crippen MR) is 81.4 cm³/mol. The maximum Gasteiger partial charge on any atom is 0.244 e. The fraction of sp³-hybridized carbons (Fsp3) is 0.750. The minimum absolute atomic E-state index is 0.0201. The molecule has 1 saturated carbocycles. The van der Waals surface area contributed by atoms with Crippen molar-refractivity contribution in [3.8, 4) is 0 Å². The number of aromatic amines is 1. The van der Waals surface area contributed by atoms with Crippen LogP contribution in [0.3, 0.4) is 0 Å². The maximum atomic E-state index is 12.6. The number of sulfonamides is 1. The van der Waals surface area contributed by atoms with Crippen LogP contribution in [-0.2, 0) is 16.6 Å². The first-order valence-electron chi connectivity index (χ1n) is 6.73. The molecule has 0 aromatic carbocycles. The first kappa shape index (κ1) is 15.8. The highest BCUT2D eigenvalue weighted by Crippen LogP contribution is 2.30. The molecule has 1 heterocycles. The Morgan fingerprint density at radius 1 is 1.45 bits per heavy atom. The van der Waals surface area contributed by atoms with Crippen molar-refractivity contribution >= 4 is 21.8 Å². The lowest BCUT2D eigenvalue weighted by atomic mass is 10.3. The molecule has 0 aliphatic heterocycles. The number of rotatable bonds is 6. The van der Waals surface area contributed by atoms with Gasteiger partial charge in [-0.25, -0.2) is 13.1 Å². The topological polar surface area (TPSA) is 86.9 Å². The summed E-state index contributed by atoms with van der Waals surface area (Å²) in [4.78, 5) is 0.290. The zero-order valence-electron chi connectivity index (χ0n) is 12.1. The van der Waals surface area contributed by atoms with Crippen molar-refractivity contribution in [2.75, 3.05) is 13.3 Å². The van der Waals surface area contributed by atoms with Crippen molar-refractivity contribution in [3.63, 3.8) is 0 Å². The molecular weight excluding hydrogens is 296 g/mol. The summed E-state index contributed by atoms with van der Waals surface area (Å²) in [6.45, 7) is 2.17. The number of nitrogens with zero attached hydrogens (tertiary/aromatic N) is 1. The van der Waals surface area contributed by atoms with Crippen molar-refractivity contribution < 1.29 is 8.42 Å². The Balaban J connectivity index is 2.24. The lowest BCUT2D eigenvalue weighted by Gasteiger charge is -2.19. The molecule has 3 N–H and O–H groups in total. The van der Waals surface area contributed by atoms with E-state index in [1.54, 1.807) is 25.7 Å². The summed E-state index contributed by atoms with van der Waals surface area (Å²) in [5.74, 6) is 0. The van der Waals surface area contributed by atoms with Crippen LogP contribution in [0.5, 0.6) is 0 Å². The van der Waals surface area contributed by atoms with E-state index >= 15 is 0 Å².